The van der Waals surface area contributed by atoms with Gasteiger partial charge >= 0.3 is 0 Å². The van der Waals surface area contributed by atoms with Gasteiger partial charge < -0.3 is 5.32 Å². The predicted molar refractivity (Wildman–Crippen MR) is 69.7 cm³/mol. The Hall–Kier alpha value is -1.83. The van der Waals surface area contributed by atoms with Gasteiger partial charge in [-0.2, -0.15) is 0 Å². The Morgan fingerprint density at radius 1 is 1.19 bits per heavy atom. The van der Waals surface area contributed by atoms with Gasteiger partial charge in [0.05, 0.1) is 5.52 Å². The molecule has 0 bridgehead atoms. The molecule has 1 aromatic carbocycles. The highest BCUT2D eigenvalue weighted by Gasteiger charge is 1.95. The predicted octanol–water partition coefficient (Wildman–Crippen LogP) is 3.61. The molecule has 0 atom stereocenters. The molecule has 0 aliphatic rings. The SMILES string of the molecule is CC(C)=CCNc1ccc2ccccc2n1. The second kappa shape index (κ2) is 4.79. The molecule has 0 spiro atoms. The van der Waals surface area contributed by atoms with Crippen LogP contribution in [0.5, 0.6) is 0 Å². The van der Waals surface area contributed by atoms with Gasteiger partial charge in [-0.15, -0.1) is 0 Å². The quantitative estimate of drug-likeness (QED) is 0.786. The van der Waals surface area contributed by atoms with E-state index in [4.69, 9.17) is 0 Å². The Labute approximate surface area is 96.0 Å². The number of rotatable bonds is 3. The maximum atomic E-state index is 4.53. The Bertz CT molecular complexity index is 511. The number of para-hydroxylation sites is 1. The van der Waals surface area contributed by atoms with Gasteiger partial charge in [-0.3, -0.25) is 0 Å². The third-order valence-electron chi connectivity index (χ3n) is 2.39. The summed E-state index contributed by atoms with van der Waals surface area (Å²) < 4.78 is 0. The molecule has 0 saturated heterocycles. The van der Waals surface area contributed by atoms with Crippen LogP contribution in [0, 0.1) is 0 Å². The van der Waals surface area contributed by atoms with Crippen molar-refractivity contribution in [3.63, 3.8) is 0 Å². The van der Waals surface area contributed by atoms with Gasteiger partial charge in [-0.05, 0) is 32.0 Å². The summed E-state index contributed by atoms with van der Waals surface area (Å²) in [6.45, 7) is 5.01. The molecule has 0 saturated carbocycles. The first kappa shape index (κ1) is 10.7. The van der Waals surface area contributed by atoms with Gasteiger partial charge in [-0.25, -0.2) is 4.98 Å². The Morgan fingerprint density at radius 3 is 2.81 bits per heavy atom. The van der Waals surface area contributed by atoms with E-state index in [9.17, 15) is 0 Å². The van der Waals surface area contributed by atoms with Crippen molar-refractivity contribution in [2.45, 2.75) is 13.8 Å². The standard InChI is InChI=1S/C14H16N2/c1-11(2)9-10-15-14-8-7-12-5-3-4-6-13(12)16-14/h3-9H,10H2,1-2H3,(H,15,16). The Kier molecular flexibility index (Phi) is 3.20. The number of nitrogens with one attached hydrogen (secondary N) is 1. The molecule has 1 heterocycles. The molecule has 2 nitrogen and oxygen atoms in total. The van der Waals surface area contributed by atoms with Crippen LogP contribution in [0.2, 0.25) is 0 Å². The number of hydrogen-bond acceptors (Lipinski definition) is 2. The zero-order chi connectivity index (χ0) is 11.4. The largest absolute Gasteiger partial charge is 0.367 e. The second-order valence-electron chi connectivity index (χ2n) is 4.05. The first-order valence-corrected chi connectivity index (χ1v) is 5.49. The highest BCUT2D eigenvalue weighted by Crippen LogP contribution is 2.14. The van der Waals surface area contributed by atoms with Crippen LogP contribution >= 0.6 is 0 Å². The minimum absolute atomic E-state index is 0.827. The molecule has 2 rings (SSSR count). The monoisotopic (exact) mass is 212 g/mol. The van der Waals surface area contributed by atoms with E-state index >= 15 is 0 Å². The molecule has 2 heteroatoms. The van der Waals surface area contributed by atoms with Crippen LogP contribution in [-0.2, 0) is 0 Å². The summed E-state index contributed by atoms with van der Waals surface area (Å²) in [4.78, 5) is 4.53. The molecule has 0 fully saturated rings. The van der Waals surface area contributed by atoms with Crippen LogP contribution in [0.3, 0.4) is 0 Å². The fourth-order valence-corrected chi connectivity index (χ4v) is 1.52. The van der Waals surface area contributed by atoms with Gasteiger partial charge in [0.1, 0.15) is 5.82 Å². The van der Waals surface area contributed by atoms with Crippen molar-refractivity contribution >= 4 is 16.7 Å². The molecular weight excluding hydrogens is 196 g/mol. The summed E-state index contributed by atoms with van der Waals surface area (Å²) in [6, 6.07) is 12.2. The van der Waals surface area contributed by atoms with Gasteiger partial charge in [0.15, 0.2) is 0 Å². The molecule has 0 amide bonds. The molecular formula is C14H16N2. The van der Waals surface area contributed by atoms with Crippen molar-refractivity contribution in [2.24, 2.45) is 0 Å². The fourth-order valence-electron chi connectivity index (χ4n) is 1.52. The van der Waals surface area contributed by atoms with Crippen LogP contribution in [0.1, 0.15) is 13.8 Å². The lowest BCUT2D eigenvalue weighted by Crippen LogP contribution is -2.00. The molecule has 1 N–H and O–H groups in total. The molecule has 2 aromatic rings. The van der Waals surface area contributed by atoms with Crippen molar-refractivity contribution in [1.82, 2.24) is 4.98 Å². The average Bonchev–Trinajstić information content (AvgIpc) is 2.28. The third-order valence-corrected chi connectivity index (χ3v) is 2.39. The molecule has 16 heavy (non-hydrogen) atoms. The van der Waals surface area contributed by atoms with Gasteiger partial charge in [-0.1, -0.05) is 29.8 Å². The van der Waals surface area contributed by atoms with E-state index in [-0.39, 0.29) is 0 Å². The van der Waals surface area contributed by atoms with Gasteiger partial charge in [0, 0.05) is 11.9 Å². The lowest BCUT2D eigenvalue weighted by atomic mass is 10.2. The smallest absolute Gasteiger partial charge is 0.126 e. The van der Waals surface area contributed by atoms with E-state index in [0.29, 0.717) is 0 Å². The number of hydrogen-bond donors (Lipinski definition) is 1. The first-order chi connectivity index (χ1) is 7.75. The van der Waals surface area contributed by atoms with Crippen LogP contribution in [0.15, 0.2) is 48.0 Å². The van der Waals surface area contributed by atoms with E-state index in [2.05, 4.69) is 42.4 Å². The van der Waals surface area contributed by atoms with Crippen molar-refractivity contribution in [2.75, 3.05) is 11.9 Å². The average molecular weight is 212 g/mol. The minimum Gasteiger partial charge on any atom is -0.367 e. The summed E-state index contributed by atoms with van der Waals surface area (Å²) >= 11 is 0. The maximum absolute atomic E-state index is 4.53. The summed E-state index contributed by atoms with van der Waals surface area (Å²) in [5.74, 6) is 0.927. The number of aromatic nitrogens is 1. The van der Waals surface area contributed by atoms with Crippen molar-refractivity contribution in [1.29, 1.82) is 0 Å². The Morgan fingerprint density at radius 2 is 2.00 bits per heavy atom. The highest BCUT2D eigenvalue weighted by molar-refractivity contribution is 5.80. The van der Waals surface area contributed by atoms with Gasteiger partial charge in [0.25, 0.3) is 0 Å². The summed E-state index contributed by atoms with van der Waals surface area (Å²) in [7, 11) is 0. The lowest BCUT2D eigenvalue weighted by Gasteiger charge is -2.04. The number of nitrogens with zero attached hydrogens (tertiary/aromatic N) is 1. The number of anilines is 1. The van der Waals surface area contributed by atoms with Crippen LogP contribution in [0.4, 0.5) is 5.82 Å². The third kappa shape index (κ3) is 2.60. The molecule has 0 aliphatic carbocycles. The normalized spacial score (nSPS) is 10.1. The van der Waals surface area contributed by atoms with E-state index in [1.165, 1.54) is 11.0 Å². The van der Waals surface area contributed by atoms with Crippen molar-refractivity contribution < 1.29 is 0 Å². The van der Waals surface area contributed by atoms with E-state index in [0.717, 1.165) is 17.9 Å². The summed E-state index contributed by atoms with van der Waals surface area (Å²) in [6.07, 6.45) is 2.15. The summed E-state index contributed by atoms with van der Waals surface area (Å²) in [5.41, 5.74) is 2.35. The first-order valence-electron chi connectivity index (χ1n) is 5.49. The second-order valence-corrected chi connectivity index (χ2v) is 4.05. The van der Waals surface area contributed by atoms with Crippen LogP contribution in [0.25, 0.3) is 10.9 Å². The molecule has 0 unspecified atom stereocenters. The van der Waals surface area contributed by atoms with Crippen molar-refractivity contribution in [3.8, 4) is 0 Å². The van der Waals surface area contributed by atoms with Crippen LogP contribution in [-0.4, -0.2) is 11.5 Å². The molecule has 0 radical (unpaired) electrons. The van der Waals surface area contributed by atoms with Crippen LogP contribution < -0.4 is 5.32 Å². The van der Waals surface area contributed by atoms with E-state index in [1.807, 2.05) is 24.3 Å². The van der Waals surface area contributed by atoms with E-state index in [1.54, 1.807) is 0 Å². The molecule has 1 aromatic heterocycles. The zero-order valence-corrected chi connectivity index (χ0v) is 9.70. The molecule has 82 valence electrons. The maximum Gasteiger partial charge on any atom is 0.126 e. The number of pyridine rings is 1. The number of fused-ring (bicyclic) bond motifs is 1. The minimum atomic E-state index is 0.827. The number of benzene rings is 1. The summed E-state index contributed by atoms with van der Waals surface area (Å²) in [5, 5.41) is 4.46. The highest BCUT2D eigenvalue weighted by atomic mass is 15.0. The fraction of sp³-hybridized carbons (Fsp3) is 0.214. The zero-order valence-electron chi connectivity index (χ0n) is 9.70. The molecule has 0 aliphatic heterocycles. The van der Waals surface area contributed by atoms with Crippen molar-refractivity contribution in [3.05, 3.63) is 48.0 Å². The Balaban J connectivity index is 2.16. The topological polar surface area (TPSA) is 24.9 Å². The van der Waals surface area contributed by atoms with E-state index < -0.39 is 0 Å². The number of allylic oxidation sites excluding steroid dienone is 1. The van der Waals surface area contributed by atoms with Gasteiger partial charge in [0.2, 0.25) is 0 Å². The lowest BCUT2D eigenvalue weighted by molar-refractivity contribution is 1.22.